The maximum Gasteiger partial charge on any atom is 0.213 e. The Morgan fingerprint density at radius 1 is 1.15 bits per heavy atom. The minimum Gasteiger partial charge on any atom is -0.478 e. The van der Waals surface area contributed by atoms with Gasteiger partial charge in [-0.2, -0.15) is 0 Å². The molecule has 0 unspecified atom stereocenters. The molecule has 0 radical (unpaired) electrons. The average molecular weight is 265 g/mol. The number of rotatable bonds is 3. The number of hydrogen-bond acceptors (Lipinski definition) is 3. The monoisotopic (exact) mass is 265 g/mol. The van der Waals surface area contributed by atoms with Gasteiger partial charge in [-0.3, -0.25) is 5.41 Å². The van der Waals surface area contributed by atoms with Gasteiger partial charge in [0.1, 0.15) is 5.82 Å². The quantitative estimate of drug-likeness (QED) is 0.561. The second kappa shape index (κ2) is 5.17. The Morgan fingerprint density at radius 2 is 1.90 bits per heavy atom. The number of para-hydroxylation sites is 2. The molecule has 3 aromatic rings. The molecule has 4 nitrogen and oxygen atoms in total. The van der Waals surface area contributed by atoms with Crippen molar-refractivity contribution in [2.75, 3.05) is 6.61 Å². The molecule has 0 aliphatic carbocycles. The first-order valence-corrected chi connectivity index (χ1v) is 6.55. The Balaban J connectivity index is 1.92. The van der Waals surface area contributed by atoms with Crippen molar-refractivity contribution in [1.29, 1.82) is 5.41 Å². The molecule has 20 heavy (non-hydrogen) atoms. The zero-order valence-electron chi connectivity index (χ0n) is 11.2. The highest BCUT2D eigenvalue weighted by atomic mass is 16.5. The number of benzene rings is 2. The van der Waals surface area contributed by atoms with Crippen LogP contribution in [0, 0.1) is 5.41 Å². The molecule has 1 aromatic heterocycles. The number of nitrogens with one attached hydrogen (secondary N) is 2. The number of nitrogens with zero attached hydrogens (tertiary/aromatic N) is 1. The smallest absolute Gasteiger partial charge is 0.213 e. The van der Waals surface area contributed by atoms with Crippen molar-refractivity contribution >= 4 is 16.9 Å². The van der Waals surface area contributed by atoms with Crippen molar-refractivity contribution in [1.82, 2.24) is 9.97 Å². The molecule has 0 amide bonds. The van der Waals surface area contributed by atoms with E-state index in [0.29, 0.717) is 6.61 Å². The Kier molecular flexibility index (Phi) is 3.21. The van der Waals surface area contributed by atoms with E-state index in [1.54, 1.807) is 0 Å². The summed E-state index contributed by atoms with van der Waals surface area (Å²) in [6, 6.07) is 15.6. The van der Waals surface area contributed by atoms with Gasteiger partial charge in [0.05, 0.1) is 17.6 Å². The summed E-state index contributed by atoms with van der Waals surface area (Å²) in [6.07, 6.45) is 0. The van der Waals surface area contributed by atoms with Gasteiger partial charge in [0, 0.05) is 11.1 Å². The topological polar surface area (TPSA) is 61.8 Å². The normalized spacial score (nSPS) is 10.7. The number of aromatic amines is 1. The summed E-state index contributed by atoms with van der Waals surface area (Å²) < 4.78 is 5.18. The first kappa shape index (κ1) is 12.4. The molecular weight excluding hydrogens is 250 g/mol. The molecule has 100 valence electrons. The highest BCUT2D eigenvalue weighted by Crippen LogP contribution is 2.20. The lowest BCUT2D eigenvalue weighted by Crippen LogP contribution is -2.04. The van der Waals surface area contributed by atoms with Crippen molar-refractivity contribution in [2.24, 2.45) is 0 Å². The molecule has 0 saturated heterocycles. The van der Waals surface area contributed by atoms with Gasteiger partial charge in [0.2, 0.25) is 5.90 Å². The van der Waals surface area contributed by atoms with E-state index in [1.165, 1.54) is 0 Å². The molecule has 0 bridgehead atoms. The molecule has 0 fully saturated rings. The van der Waals surface area contributed by atoms with Gasteiger partial charge in [-0.25, -0.2) is 4.98 Å². The molecule has 1 heterocycles. The summed E-state index contributed by atoms with van der Waals surface area (Å²) in [7, 11) is 0. The van der Waals surface area contributed by atoms with Gasteiger partial charge < -0.3 is 9.72 Å². The summed E-state index contributed by atoms with van der Waals surface area (Å²) >= 11 is 0. The molecule has 0 atom stereocenters. The van der Waals surface area contributed by atoms with E-state index >= 15 is 0 Å². The maximum absolute atomic E-state index is 7.75. The SMILES string of the molecule is CCOC(=N)c1ccc(-c2nc3ccccc3[nH]2)cc1. The van der Waals surface area contributed by atoms with Gasteiger partial charge in [-0.05, 0) is 31.2 Å². The Hall–Kier alpha value is -2.62. The predicted molar refractivity (Wildman–Crippen MR) is 80.0 cm³/mol. The van der Waals surface area contributed by atoms with Crippen LogP contribution in [0.4, 0.5) is 0 Å². The Labute approximate surface area is 116 Å². The summed E-state index contributed by atoms with van der Waals surface area (Å²) in [5.74, 6) is 1.03. The molecule has 4 heteroatoms. The van der Waals surface area contributed by atoms with E-state index in [0.717, 1.165) is 28.0 Å². The van der Waals surface area contributed by atoms with E-state index in [1.807, 2.05) is 55.5 Å². The second-order valence-corrected chi connectivity index (χ2v) is 4.44. The van der Waals surface area contributed by atoms with Crippen LogP contribution in [0.25, 0.3) is 22.4 Å². The Morgan fingerprint density at radius 3 is 2.60 bits per heavy atom. The van der Waals surface area contributed by atoms with E-state index in [2.05, 4.69) is 9.97 Å². The highest BCUT2D eigenvalue weighted by molar-refractivity contribution is 5.92. The van der Waals surface area contributed by atoms with Crippen LogP contribution >= 0.6 is 0 Å². The number of H-pyrrole nitrogens is 1. The van der Waals surface area contributed by atoms with E-state index in [9.17, 15) is 0 Å². The Bertz CT molecular complexity index is 711. The van der Waals surface area contributed by atoms with Crippen LogP contribution in [-0.2, 0) is 4.74 Å². The molecule has 0 saturated carbocycles. The fraction of sp³-hybridized carbons (Fsp3) is 0.125. The fourth-order valence-corrected chi connectivity index (χ4v) is 2.10. The minimum absolute atomic E-state index is 0.198. The van der Waals surface area contributed by atoms with Crippen LogP contribution in [0.15, 0.2) is 48.5 Å². The summed E-state index contributed by atoms with van der Waals surface area (Å²) in [5, 5.41) is 7.75. The summed E-state index contributed by atoms with van der Waals surface area (Å²) in [6.45, 7) is 2.38. The van der Waals surface area contributed by atoms with Gasteiger partial charge in [-0.1, -0.05) is 24.3 Å². The van der Waals surface area contributed by atoms with E-state index < -0.39 is 0 Å². The van der Waals surface area contributed by atoms with E-state index in [-0.39, 0.29) is 5.90 Å². The van der Waals surface area contributed by atoms with Crippen LogP contribution in [-0.4, -0.2) is 22.5 Å². The summed E-state index contributed by atoms with van der Waals surface area (Å²) in [4.78, 5) is 7.84. The van der Waals surface area contributed by atoms with Crippen LogP contribution in [0.3, 0.4) is 0 Å². The molecule has 3 rings (SSSR count). The van der Waals surface area contributed by atoms with Crippen LogP contribution in [0.5, 0.6) is 0 Å². The summed E-state index contributed by atoms with van der Waals surface area (Å²) in [5.41, 5.74) is 3.74. The lowest BCUT2D eigenvalue weighted by atomic mass is 10.1. The molecule has 0 spiro atoms. The fourth-order valence-electron chi connectivity index (χ4n) is 2.10. The number of fused-ring (bicyclic) bond motifs is 1. The van der Waals surface area contributed by atoms with Gasteiger partial charge in [-0.15, -0.1) is 0 Å². The molecule has 2 N–H and O–H groups in total. The van der Waals surface area contributed by atoms with Gasteiger partial charge >= 0.3 is 0 Å². The number of hydrogen-bond donors (Lipinski definition) is 2. The van der Waals surface area contributed by atoms with E-state index in [4.69, 9.17) is 10.1 Å². The number of ether oxygens (including phenoxy) is 1. The molecule has 2 aromatic carbocycles. The van der Waals surface area contributed by atoms with Crippen molar-refractivity contribution in [3.63, 3.8) is 0 Å². The lowest BCUT2D eigenvalue weighted by molar-refractivity contribution is 0.325. The average Bonchev–Trinajstić information content (AvgIpc) is 2.91. The van der Waals surface area contributed by atoms with Crippen LogP contribution in [0.1, 0.15) is 12.5 Å². The third-order valence-corrected chi connectivity index (χ3v) is 3.10. The maximum atomic E-state index is 7.75. The van der Waals surface area contributed by atoms with Crippen molar-refractivity contribution < 1.29 is 4.74 Å². The lowest BCUT2D eigenvalue weighted by Gasteiger charge is -2.05. The molecule has 0 aliphatic heterocycles. The number of aromatic nitrogens is 2. The third kappa shape index (κ3) is 2.28. The zero-order valence-corrected chi connectivity index (χ0v) is 11.2. The van der Waals surface area contributed by atoms with Crippen LogP contribution in [0.2, 0.25) is 0 Å². The largest absolute Gasteiger partial charge is 0.478 e. The second-order valence-electron chi connectivity index (χ2n) is 4.44. The predicted octanol–water partition coefficient (Wildman–Crippen LogP) is 3.59. The van der Waals surface area contributed by atoms with Crippen molar-refractivity contribution in [2.45, 2.75) is 6.92 Å². The standard InChI is InChI=1S/C16H15N3O/c1-2-20-15(17)11-7-9-12(10-8-11)16-18-13-5-3-4-6-14(13)19-16/h3-10,17H,2H2,1H3,(H,18,19). The first-order valence-electron chi connectivity index (χ1n) is 6.55. The zero-order chi connectivity index (χ0) is 13.9. The van der Waals surface area contributed by atoms with Crippen molar-refractivity contribution in [3.8, 4) is 11.4 Å². The van der Waals surface area contributed by atoms with Gasteiger partial charge in [0.25, 0.3) is 0 Å². The van der Waals surface area contributed by atoms with Crippen LogP contribution < -0.4 is 0 Å². The van der Waals surface area contributed by atoms with Crippen molar-refractivity contribution in [3.05, 3.63) is 54.1 Å². The molecular formula is C16H15N3O. The minimum atomic E-state index is 0.198. The third-order valence-electron chi connectivity index (χ3n) is 3.10. The highest BCUT2D eigenvalue weighted by Gasteiger charge is 2.06. The first-order chi connectivity index (χ1) is 9.78. The van der Waals surface area contributed by atoms with Gasteiger partial charge in [0.15, 0.2) is 0 Å². The number of imidazole rings is 1. The molecule has 0 aliphatic rings.